The number of benzene rings is 7. The molecular weight excluding hydrogens is 520 g/mol. The van der Waals surface area contributed by atoms with Gasteiger partial charge in [-0.15, -0.1) is 0 Å². The molecule has 0 saturated carbocycles. The molecule has 2 heteroatoms. The van der Waals surface area contributed by atoms with E-state index in [0.717, 1.165) is 17.0 Å². The molecule has 0 radical (unpaired) electrons. The lowest BCUT2D eigenvalue weighted by atomic mass is 9.89. The van der Waals surface area contributed by atoms with Gasteiger partial charge < -0.3 is 5.32 Å². The summed E-state index contributed by atoms with van der Waals surface area (Å²) >= 11 is 0. The van der Waals surface area contributed by atoms with Gasteiger partial charge in [-0.25, -0.2) is 4.98 Å². The fourth-order valence-electron chi connectivity index (χ4n) is 6.72. The molecule has 1 heterocycles. The fraction of sp³-hybridized carbons (Fsp3) is 0.0488. The molecule has 204 valence electrons. The minimum Gasteiger partial charge on any atom is -0.302 e. The second kappa shape index (κ2) is 10.5. The highest BCUT2D eigenvalue weighted by molar-refractivity contribution is 6.03. The van der Waals surface area contributed by atoms with E-state index < -0.39 is 0 Å². The summed E-state index contributed by atoms with van der Waals surface area (Å²) in [6.45, 7) is 2.22. The molecule has 1 unspecified atom stereocenters. The molecule has 0 aliphatic heterocycles. The number of hydrogen-bond acceptors (Lipinski definition) is 1. The van der Waals surface area contributed by atoms with Crippen LogP contribution < -0.4 is 5.32 Å². The lowest BCUT2D eigenvalue weighted by Gasteiger charge is -2.22. The van der Waals surface area contributed by atoms with Crippen LogP contribution in [0.5, 0.6) is 0 Å². The minimum atomic E-state index is -0.0737. The molecule has 0 amide bonds. The van der Waals surface area contributed by atoms with Crippen LogP contribution in [0.3, 0.4) is 0 Å². The summed E-state index contributed by atoms with van der Waals surface area (Å²) in [6.07, 6.45) is 0. The maximum absolute atomic E-state index is 5.46. The maximum Gasteiger partial charge on any atom is 0.160 e. The van der Waals surface area contributed by atoms with Gasteiger partial charge in [0.05, 0.1) is 5.69 Å². The summed E-state index contributed by atoms with van der Waals surface area (Å²) in [5.74, 6) is 0. The van der Waals surface area contributed by atoms with Gasteiger partial charge in [0.1, 0.15) is 11.4 Å². The van der Waals surface area contributed by atoms with Crippen LogP contribution in [-0.4, -0.2) is 4.98 Å². The van der Waals surface area contributed by atoms with Crippen LogP contribution in [-0.2, 0) is 0 Å². The van der Waals surface area contributed by atoms with Crippen LogP contribution >= 0.6 is 0 Å². The zero-order valence-corrected chi connectivity index (χ0v) is 24.0. The summed E-state index contributed by atoms with van der Waals surface area (Å²) in [4.78, 5) is 5.46. The largest absolute Gasteiger partial charge is 0.302 e. The van der Waals surface area contributed by atoms with Crippen molar-refractivity contribution in [3.8, 4) is 11.3 Å². The quantitative estimate of drug-likeness (QED) is 0.167. The Bertz CT molecular complexity index is 2240. The van der Waals surface area contributed by atoms with E-state index in [2.05, 4.69) is 164 Å². The molecule has 2 N–H and O–H groups in total. The van der Waals surface area contributed by atoms with Crippen LogP contribution in [0.2, 0.25) is 0 Å². The molecule has 0 fully saturated rings. The highest BCUT2D eigenvalue weighted by Crippen LogP contribution is 2.36. The zero-order chi connectivity index (χ0) is 28.8. The molecule has 0 aliphatic rings. The molecule has 43 heavy (non-hydrogen) atoms. The number of aromatic nitrogens is 1. The van der Waals surface area contributed by atoms with Gasteiger partial charge in [-0.05, 0) is 68.9 Å². The first-order valence-corrected chi connectivity index (χ1v) is 14.9. The average molecular weight is 552 g/mol. The number of aryl methyl sites for hydroxylation is 1. The molecular formula is C41H31N2+. The first-order chi connectivity index (χ1) is 21.2. The Morgan fingerprint density at radius 1 is 0.488 bits per heavy atom. The van der Waals surface area contributed by atoms with Crippen molar-refractivity contribution in [2.75, 3.05) is 0 Å². The summed E-state index contributed by atoms with van der Waals surface area (Å²) in [5, 5.41) is 12.4. The Labute approximate surface area is 251 Å². The number of nitrogens with two attached hydrogens (primary N) is 1. The standard InChI is InChI=1S/C41H30N2/c1-27-24-25-29-13-3-9-20-35(29)40(27)43-41(39-33-18-7-4-14-30(33)26-31-15-5-8-19-34(31)39)38-23-11-22-37(42-38)36-21-10-16-28-12-2-6-17-32(28)36/h2-26,41,43H,1H3/p+1. The number of quaternary nitrogens is 1. The van der Waals surface area contributed by atoms with Gasteiger partial charge in [0, 0.05) is 22.1 Å². The second-order valence-electron chi connectivity index (χ2n) is 11.4. The predicted octanol–water partition coefficient (Wildman–Crippen LogP) is 9.65. The lowest BCUT2D eigenvalue weighted by Crippen LogP contribution is -2.80. The molecule has 1 atom stereocenters. The van der Waals surface area contributed by atoms with Gasteiger partial charge >= 0.3 is 0 Å². The summed E-state index contributed by atoms with van der Waals surface area (Å²) < 4.78 is 0. The highest BCUT2D eigenvalue weighted by Gasteiger charge is 2.27. The Kier molecular flexibility index (Phi) is 6.21. The second-order valence-corrected chi connectivity index (χ2v) is 11.4. The van der Waals surface area contributed by atoms with E-state index in [4.69, 9.17) is 4.98 Å². The summed E-state index contributed by atoms with van der Waals surface area (Å²) in [7, 11) is 0. The third-order valence-electron chi connectivity index (χ3n) is 8.80. The number of pyridine rings is 1. The predicted molar refractivity (Wildman–Crippen MR) is 181 cm³/mol. The van der Waals surface area contributed by atoms with Crippen LogP contribution in [0.25, 0.3) is 54.3 Å². The summed E-state index contributed by atoms with van der Waals surface area (Å²) in [5.41, 5.74) is 7.01. The molecule has 0 aliphatic carbocycles. The molecule has 8 aromatic rings. The van der Waals surface area contributed by atoms with E-state index >= 15 is 0 Å². The van der Waals surface area contributed by atoms with E-state index in [0.29, 0.717) is 0 Å². The van der Waals surface area contributed by atoms with Gasteiger partial charge in [0.2, 0.25) is 0 Å². The van der Waals surface area contributed by atoms with Crippen molar-refractivity contribution in [1.82, 2.24) is 4.98 Å². The van der Waals surface area contributed by atoms with Crippen molar-refractivity contribution >= 4 is 48.8 Å². The SMILES string of the molecule is Cc1ccc2ccccc2c1[NH2+]C(c1cccc(-c2cccc3ccccc23)n1)c1c2ccccc2cc2ccccc12. The Morgan fingerprint density at radius 2 is 1.05 bits per heavy atom. The van der Waals surface area contributed by atoms with Crippen LogP contribution in [0, 0.1) is 6.92 Å². The van der Waals surface area contributed by atoms with Crippen molar-refractivity contribution < 1.29 is 5.32 Å². The Hall–Kier alpha value is -5.31. The van der Waals surface area contributed by atoms with E-state index in [1.807, 2.05) is 0 Å². The molecule has 1 aromatic heterocycles. The first kappa shape index (κ1) is 25.4. The van der Waals surface area contributed by atoms with Gasteiger partial charge in [-0.2, -0.15) is 0 Å². The number of rotatable bonds is 5. The Balaban J connectivity index is 1.41. The van der Waals surface area contributed by atoms with Crippen molar-refractivity contribution in [1.29, 1.82) is 0 Å². The monoisotopic (exact) mass is 551 g/mol. The van der Waals surface area contributed by atoms with Gasteiger partial charge in [-0.1, -0.05) is 127 Å². The van der Waals surface area contributed by atoms with Gasteiger partial charge in [0.15, 0.2) is 6.04 Å². The lowest BCUT2D eigenvalue weighted by molar-refractivity contribution is -0.606. The van der Waals surface area contributed by atoms with E-state index in [9.17, 15) is 0 Å². The molecule has 0 saturated heterocycles. The van der Waals surface area contributed by atoms with Crippen molar-refractivity contribution in [3.63, 3.8) is 0 Å². The van der Waals surface area contributed by atoms with Gasteiger partial charge in [0.25, 0.3) is 0 Å². The van der Waals surface area contributed by atoms with Crippen LogP contribution in [0.4, 0.5) is 5.69 Å². The number of fused-ring (bicyclic) bond motifs is 4. The van der Waals surface area contributed by atoms with Crippen LogP contribution in [0.1, 0.15) is 22.9 Å². The third kappa shape index (κ3) is 4.44. The third-order valence-corrected chi connectivity index (χ3v) is 8.80. The zero-order valence-electron chi connectivity index (χ0n) is 24.0. The molecule has 0 spiro atoms. The normalized spacial score (nSPS) is 12.3. The Morgan fingerprint density at radius 3 is 1.77 bits per heavy atom. The molecule has 0 bridgehead atoms. The molecule has 2 nitrogen and oxygen atoms in total. The number of hydrogen-bond donors (Lipinski definition) is 1. The fourth-order valence-corrected chi connectivity index (χ4v) is 6.72. The highest BCUT2D eigenvalue weighted by atomic mass is 15.0. The van der Waals surface area contributed by atoms with E-state index in [-0.39, 0.29) is 6.04 Å². The number of nitrogens with zero attached hydrogens (tertiary/aromatic N) is 1. The van der Waals surface area contributed by atoms with E-state index in [1.54, 1.807) is 0 Å². The first-order valence-electron chi connectivity index (χ1n) is 14.9. The van der Waals surface area contributed by atoms with Crippen molar-refractivity contribution in [3.05, 3.63) is 168 Å². The molecule has 7 aromatic carbocycles. The average Bonchev–Trinajstić information content (AvgIpc) is 3.07. The minimum absolute atomic E-state index is 0.0737. The smallest absolute Gasteiger partial charge is 0.160 e. The van der Waals surface area contributed by atoms with Crippen molar-refractivity contribution in [2.45, 2.75) is 13.0 Å². The van der Waals surface area contributed by atoms with Gasteiger partial charge in [-0.3, -0.25) is 0 Å². The molecule has 8 rings (SSSR count). The topological polar surface area (TPSA) is 29.5 Å². The van der Waals surface area contributed by atoms with E-state index in [1.165, 1.54) is 59.9 Å². The maximum atomic E-state index is 5.46. The summed E-state index contributed by atoms with van der Waals surface area (Å²) in [6, 6.07) is 54.6. The van der Waals surface area contributed by atoms with Crippen molar-refractivity contribution in [2.24, 2.45) is 0 Å². The van der Waals surface area contributed by atoms with Crippen LogP contribution in [0.15, 0.2) is 152 Å².